The van der Waals surface area contributed by atoms with Crippen LogP contribution in [0.2, 0.25) is 0 Å². The molecule has 116 valence electrons. The van der Waals surface area contributed by atoms with Crippen molar-refractivity contribution in [2.24, 2.45) is 0 Å². The highest BCUT2D eigenvalue weighted by Crippen LogP contribution is 2.22. The van der Waals surface area contributed by atoms with Gasteiger partial charge in [-0.05, 0) is 43.3 Å². The number of carboxylic acid groups (broad SMARTS) is 1. The maximum absolute atomic E-state index is 13.4. The molecule has 1 aromatic carbocycles. The molecule has 0 radical (unpaired) electrons. The molecule has 1 atom stereocenters. The summed E-state index contributed by atoms with van der Waals surface area (Å²) in [6, 6.07) is 9.28. The number of aliphatic carboxylic acids is 1. The van der Waals surface area contributed by atoms with E-state index in [-0.39, 0.29) is 5.82 Å². The van der Waals surface area contributed by atoms with E-state index in [2.05, 4.69) is 4.98 Å². The topological polar surface area (TPSA) is 53.4 Å². The van der Waals surface area contributed by atoms with Gasteiger partial charge in [0.25, 0.3) is 0 Å². The van der Waals surface area contributed by atoms with Crippen molar-refractivity contribution in [1.29, 1.82) is 0 Å². The standard InChI is InChI=1S/C17H19FN2O2/c1-12-11-13(6-7-15(12)18)16(17(21)22)20(2)10-8-14-5-3-4-9-19-14/h3-7,9,11,16H,8,10H2,1-2H3,(H,21,22). The first-order valence-electron chi connectivity index (χ1n) is 7.08. The van der Waals surface area contributed by atoms with Gasteiger partial charge in [0.15, 0.2) is 0 Å². The lowest BCUT2D eigenvalue weighted by Gasteiger charge is -2.25. The molecule has 2 rings (SSSR count). The third-order valence-electron chi connectivity index (χ3n) is 3.62. The van der Waals surface area contributed by atoms with Crippen LogP contribution in [0, 0.1) is 12.7 Å². The number of hydrogen-bond donors (Lipinski definition) is 1. The molecule has 4 nitrogen and oxygen atoms in total. The quantitative estimate of drug-likeness (QED) is 0.891. The monoisotopic (exact) mass is 302 g/mol. The van der Waals surface area contributed by atoms with Crippen LogP contribution < -0.4 is 0 Å². The summed E-state index contributed by atoms with van der Waals surface area (Å²) in [6.45, 7) is 2.18. The Morgan fingerprint density at radius 2 is 2.14 bits per heavy atom. The molecule has 1 heterocycles. The number of carboxylic acids is 1. The van der Waals surface area contributed by atoms with Gasteiger partial charge in [0.2, 0.25) is 0 Å². The van der Waals surface area contributed by atoms with Gasteiger partial charge >= 0.3 is 5.97 Å². The smallest absolute Gasteiger partial charge is 0.325 e. The van der Waals surface area contributed by atoms with Crippen LogP contribution in [0.5, 0.6) is 0 Å². The van der Waals surface area contributed by atoms with Crippen molar-refractivity contribution in [2.75, 3.05) is 13.6 Å². The molecule has 22 heavy (non-hydrogen) atoms. The number of halogens is 1. The number of likely N-dealkylation sites (N-methyl/N-ethyl adjacent to an activating group) is 1. The molecule has 0 saturated carbocycles. The lowest BCUT2D eigenvalue weighted by Crippen LogP contribution is -2.32. The Kier molecular flexibility index (Phi) is 5.22. The number of aromatic nitrogens is 1. The second kappa shape index (κ2) is 7.13. The second-order valence-corrected chi connectivity index (χ2v) is 5.30. The highest BCUT2D eigenvalue weighted by molar-refractivity contribution is 5.75. The van der Waals surface area contributed by atoms with Crippen molar-refractivity contribution < 1.29 is 14.3 Å². The molecule has 0 saturated heterocycles. The first-order chi connectivity index (χ1) is 10.5. The van der Waals surface area contributed by atoms with E-state index in [0.29, 0.717) is 24.1 Å². The Bertz CT molecular complexity index is 646. The molecule has 0 spiro atoms. The van der Waals surface area contributed by atoms with Crippen LogP contribution in [0.4, 0.5) is 4.39 Å². The highest BCUT2D eigenvalue weighted by atomic mass is 19.1. The van der Waals surface area contributed by atoms with Crippen molar-refractivity contribution in [2.45, 2.75) is 19.4 Å². The maximum atomic E-state index is 13.4. The Morgan fingerprint density at radius 3 is 2.73 bits per heavy atom. The Balaban J connectivity index is 2.13. The lowest BCUT2D eigenvalue weighted by molar-refractivity contribution is -0.143. The van der Waals surface area contributed by atoms with E-state index in [0.717, 1.165) is 5.69 Å². The minimum atomic E-state index is -0.950. The fraction of sp³-hybridized carbons (Fsp3) is 0.294. The van der Waals surface area contributed by atoms with Crippen molar-refractivity contribution in [3.63, 3.8) is 0 Å². The van der Waals surface area contributed by atoms with Crippen LogP contribution in [-0.2, 0) is 11.2 Å². The van der Waals surface area contributed by atoms with E-state index in [1.807, 2.05) is 18.2 Å². The third kappa shape index (κ3) is 3.89. The number of benzene rings is 1. The van der Waals surface area contributed by atoms with Crippen LogP contribution in [0.3, 0.4) is 0 Å². The van der Waals surface area contributed by atoms with E-state index >= 15 is 0 Å². The van der Waals surface area contributed by atoms with Gasteiger partial charge in [-0.2, -0.15) is 0 Å². The van der Waals surface area contributed by atoms with Gasteiger partial charge in [-0.3, -0.25) is 14.7 Å². The summed E-state index contributed by atoms with van der Waals surface area (Å²) in [4.78, 5) is 17.6. The minimum Gasteiger partial charge on any atom is -0.480 e. The van der Waals surface area contributed by atoms with Gasteiger partial charge in [0, 0.05) is 24.9 Å². The number of pyridine rings is 1. The zero-order valence-corrected chi connectivity index (χ0v) is 12.7. The van der Waals surface area contributed by atoms with Crippen molar-refractivity contribution in [3.05, 3.63) is 65.2 Å². The van der Waals surface area contributed by atoms with Crippen LogP contribution in [-0.4, -0.2) is 34.6 Å². The molecule has 0 amide bonds. The summed E-state index contributed by atoms with van der Waals surface area (Å²) >= 11 is 0. The molecule has 0 aliphatic heterocycles. The molecule has 1 unspecified atom stereocenters. The third-order valence-corrected chi connectivity index (χ3v) is 3.62. The predicted octanol–water partition coefficient (Wildman–Crippen LogP) is 2.83. The summed E-state index contributed by atoms with van der Waals surface area (Å²) < 4.78 is 13.4. The van der Waals surface area contributed by atoms with E-state index in [4.69, 9.17) is 0 Å². The lowest BCUT2D eigenvalue weighted by atomic mass is 10.0. The van der Waals surface area contributed by atoms with Gasteiger partial charge < -0.3 is 5.11 Å². The molecule has 5 heteroatoms. The predicted molar refractivity (Wildman–Crippen MR) is 82.1 cm³/mol. The summed E-state index contributed by atoms with van der Waals surface area (Å²) in [5.41, 5.74) is 1.94. The molecule has 0 aliphatic carbocycles. The normalized spacial score (nSPS) is 12.4. The SMILES string of the molecule is Cc1cc(C(C(=O)O)N(C)CCc2ccccn2)ccc1F. The van der Waals surface area contributed by atoms with Crippen LogP contribution in [0.25, 0.3) is 0 Å². The van der Waals surface area contributed by atoms with Crippen molar-refractivity contribution >= 4 is 5.97 Å². The van der Waals surface area contributed by atoms with Gasteiger partial charge in [-0.25, -0.2) is 4.39 Å². The molecular weight excluding hydrogens is 283 g/mol. The summed E-state index contributed by atoms with van der Waals surface area (Å²) in [7, 11) is 1.75. The van der Waals surface area contributed by atoms with Gasteiger partial charge in [-0.1, -0.05) is 18.2 Å². The summed E-state index contributed by atoms with van der Waals surface area (Å²) in [5, 5.41) is 9.50. The fourth-order valence-electron chi connectivity index (χ4n) is 2.39. The molecule has 0 bridgehead atoms. The van der Waals surface area contributed by atoms with Gasteiger partial charge in [0.05, 0.1) is 0 Å². The van der Waals surface area contributed by atoms with Crippen molar-refractivity contribution in [3.8, 4) is 0 Å². The number of hydrogen-bond acceptors (Lipinski definition) is 3. The zero-order chi connectivity index (χ0) is 16.1. The Hall–Kier alpha value is -2.27. The summed E-state index contributed by atoms with van der Waals surface area (Å²) in [6.07, 6.45) is 2.37. The number of nitrogens with zero attached hydrogens (tertiary/aromatic N) is 2. The molecule has 1 N–H and O–H groups in total. The molecule has 2 aromatic rings. The summed E-state index contributed by atoms with van der Waals surface area (Å²) in [5.74, 6) is -1.28. The first-order valence-corrected chi connectivity index (χ1v) is 7.08. The first kappa shape index (κ1) is 16.1. The number of rotatable bonds is 6. The minimum absolute atomic E-state index is 0.330. The average molecular weight is 302 g/mol. The second-order valence-electron chi connectivity index (χ2n) is 5.30. The molecular formula is C17H19FN2O2. The molecule has 0 aliphatic rings. The van der Waals surface area contributed by atoms with E-state index in [1.165, 1.54) is 12.1 Å². The fourth-order valence-corrected chi connectivity index (χ4v) is 2.39. The van der Waals surface area contributed by atoms with Crippen LogP contribution in [0.1, 0.15) is 22.9 Å². The highest BCUT2D eigenvalue weighted by Gasteiger charge is 2.25. The van der Waals surface area contributed by atoms with Crippen LogP contribution in [0.15, 0.2) is 42.6 Å². The zero-order valence-electron chi connectivity index (χ0n) is 12.7. The molecule has 0 fully saturated rings. The van der Waals surface area contributed by atoms with E-state index in [1.54, 1.807) is 31.1 Å². The maximum Gasteiger partial charge on any atom is 0.325 e. The Labute approximate surface area is 129 Å². The van der Waals surface area contributed by atoms with E-state index in [9.17, 15) is 14.3 Å². The van der Waals surface area contributed by atoms with Gasteiger partial charge in [-0.15, -0.1) is 0 Å². The number of carbonyl (C=O) groups is 1. The number of aryl methyl sites for hydroxylation is 1. The Morgan fingerprint density at radius 1 is 1.36 bits per heavy atom. The van der Waals surface area contributed by atoms with Crippen molar-refractivity contribution in [1.82, 2.24) is 9.88 Å². The average Bonchev–Trinajstić information content (AvgIpc) is 2.50. The van der Waals surface area contributed by atoms with E-state index < -0.39 is 12.0 Å². The largest absolute Gasteiger partial charge is 0.480 e. The van der Waals surface area contributed by atoms with Crippen LogP contribution >= 0.6 is 0 Å². The molecule has 1 aromatic heterocycles. The van der Waals surface area contributed by atoms with Gasteiger partial charge in [0.1, 0.15) is 11.9 Å².